The monoisotopic (exact) mass is 283 g/mol. The molecule has 0 radical (unpaired) electrons. The number of hydrogen-bond donors (Lipinski definition) is 1. The van der Waals surface area contributed by atoms with Gasteiger partial charge in [-0.1, -0.05) is 19.8 Å². The van der Waals surface area contributed by atoms with E-state index >= 15 is 0 Å². The van der Waals surface area contributed by atoms with E-state index in [4.69, 9.17) is 4.74 Å². The number of carbonyl (C=O) groups excluding carboxylic acids is 2. The third-order valence-corrected chi connectivity index (χ3v) is 3.72. The van der Waals surface area contributed by atoms with Gasteiger partial charge < -0.3 is 10.1 Å². The molecule has 1 rings (SSSR count). The maximum atomic E-state index is 11.9. The van der Waals surface area contributed by atoms with Crippen molar-refractivity contribution in [1.82, 2.24) is 5.32 Å². The summed E-state index contributed by atoms with van der Waals surface area (Å²) < 4.78 is 5.12. The fourth-order valence-corrected chi connectivity index (χ4v) is 2.58. The zero-order chi connectivity index (χ0) is 15.2. The third kappa shape index (κ3) is 7.51. The van der Waals surface area contributed by atoms with Gasteiger partial charge in [0.2, 0.25) is 0 Å². The quantitative estimate of drug-likeness (QED) is 0.837. The van der Waals surface area contributed by atoms with Crippen molar-refractivity contribution in [2.75, 3.05) is 6.54 Å². The number of alkyl carbamates (subject to hydrolysis) is 1. The number of ketones is 1. The van der Waals surface area contributed by atoms with Crippen LogP contribution in [0.3, 0.4) is 0 Å². The number of carbonyl (C=O) groups is 2. The molecule has 1 fully saturated rings. The highest BCUT2D eigenvalue weighted by Gasteiger charge is 2.21. The highest BCUT2D eigenvalue weighted by atomic mass is 16.6. The van der Waals surface area contributed by atoms with Gasteiger partial charge in [0.25, 0.3) is 0 Å². The van der Waals surface area contributed by atoms with E-state index in [1.165, 1.54) is 25.7 Å². The van der Waals surface area contributed by atoms with Gasteiger partial charge in [-0.05, 0) is 45.4 Å². The molecule has 0 saturated heterocycles. The predicted molar refractivity (Wildman–Crippen MR) is 79.6 cm³/mol. The first-order valence-electron chi connectivity index (χ1n) is 7.75. The van der Waals surface area contributed by atoms with Gasteiger partial charge in [-0.25, -0.2) is 4.79 Å². The Morgan fingerprint density at radius 1 is 1.15 bits per heavy atom. The maximum Gasteiger partial charge on any atom is 0.407 e. The Balaban J connectivity index is 2.13. The minimum atomic E-state index is -0.493. The molecule has 1 amide bonds. The molecule has 0 spiro atoms. The normalized spacial score (nSPS) is 23.2. The van der Waals surface area contributed by atoms with Gasteiger partial charge in [-0.3, -0.25) is 4.79 Å². The van der Waals surface area contributed by atoms with Crippen LogP contribution < -0.4 is 5.32 Å². The SMILES string of the molecule is CC1CCC(CC(=O)CCNC(=O)OC(C)(C)C)CC1. The predicted octanol–water partition coefficient (Wildman–Crippen LogP) is 3.69. The summed E-state index contributed by atoms with van der Waals surface area (Å²) in [5.74, 6) is 1.62. The molecule has 1 aliphatic carbocycles. The van der Waals surface area contributed by atoms with Gasteiger partial charge in [0.05, 0.1) is 0 Å². The minimum Gasteiger partial charge on any atom is -0.444 e. The van der Waals surface area contributed by atoms with Crippen LogP contribution in [0.25, 0.3) is 0 Å². The minimum absolute atomic E-state index is 0.251. The molecule has 0 aromatic heterocycles. The second-order valence-electron chi connectivity index (χ2n) is 7.05. The molecule has 0 aromatic rings. The Morgan fingerprint density at radius 3 is 2.30 bits per heavy atom. The van der Waals surface area contributed by atoms with Gasteiger partial charge in [0.1, 0.15) is 11.4 Å². The van der Waals surface area contributed by atoms with Crippen LogP contribution in [-0.4, -0.2) is 24.0 Å². The summed E-state index contributed by atoms with van der Waals surface area (Å²) in [7, 11) is 0. The van der Waals surface area contributed by atoms with Crippen molar-refractivity contribution in [2.45, 2.75) is 71.8 Å². The van der Waals surface area contributed by atoms with E-state index in [1.807, 2.05) is 20.8 Å². The molecule has 0 heterocycles. The lowest BCUT2D eigenvalue weighted by Gasteiger charge is -2.25. The smallest absolute Gasteiger partial charge is 0.407 e. The van der Waals surface area contributed by atoms with E-state index in [2.05, 4.69) is 12.2 Å². The number of hydrogen-bond acceptors (Lipinski definition) is 3. The molecule has 0 unspecified atom stereocenters. The van der Waals surface area contributed by atoms with Gasteiger partial charge in [-0.15, -0.1) is 0 Å². The van der Waals surface area contributed by atoms with Crippen LogP contribution in [0, 0.1) is 11.8 Å². The molecular formula is C16H29NO3. The van der Waals surface area contributed by atoms with Crippen molar-refractivity contribution < 1.29 is 14.3 Å². The highest BCUT2D eigenvalue weighted by Crippen LogP contribution is 2.30. The van der Waals surface area contributed by atoms with Crippen LogP contribution in [0.2, 0.25) is 0 Å². The van der Waals surface area contributed by atoms with Crippen molar-refractivity contribution >= 4 is 11.9 Å². The summed E-state index contributed by atoms with van der Waals surface area (Å²) in [4.78, 5) is 23.3. The molecule has 0 atom stereocenters. The lowest BCUT2D eigenvalue weighted by molar-refractivity contribution is -0.120. The molecule has 0 aliphatic heterocycles. The van der Waals surface area contributed by atoms with Crippen LogP contribution in [0.15, 0.2) is 0 Å². The molecule has 1 N–H and O–H groups in total. The third-order valence-electron chi connectivity index (χ3n) is 3.72. The van der Waals surface area contributed by atoms with Crippen LogP contribution >= 0.6 is 0 Å². The molecule has 0 aromatic carbocycles. The average molecular weight is 283 g/mol. The van der Waals surface area contributed by atoms with E-state index in [1.54, 1.807) is 0 Å². The number of amides is 1. The fraction of sp³-hybridized carbons (Fsp3) is 0.875. The molecule has 4 nitrogen and oxygen atoms in total. The summed E-state index contributed by atoms with van der Waals surface area (Å²) in [6, 6.07) is 0. The standard InChI is InChI=1S/C16H29NO3/c1-12-5-7-13(8-6-12)11-14(18)9-10-17-15(19)20-16(2,3)4/h12-13H,5-11H2,1-4H3,(H,17,19). The molecular weight excluding hydrogens is 254 g/mol. The van der Waals surface area contributed by atoms with Crippen LogP contribution in [0.5, 0.6) is 0 Å². The van der Waals surface area contributed by atoms with E-state index in [9.17, 15) is 9.59 Å². The first-order chi connectivity index (χ1) is 9.26. The van der Waals surface area contributed by atoms with Gasteiger partial charge in [-0.2, -0.15) is 0 Å². The molecule has 1 saturated carbocycles. The van der Waals surface area contributed by atoms with Crippen molar-refractivity contribution in [3.8, 4) is 0 Å². The molecule has 20 heavy (non-hydrogen) atoms. The highest BCUT2D eigenvalue weighted by molar-refractivity contribution is 5.79. The van der Waals surface area contributed by atoms with Crippen molar-refractivity contribution in [3.05, 3.63) is 0 Å². The average Bonchev–Trinajstić information content (AvgIpc) is 2.29. The summed E-state index contributed by atoms with van der Waals surface area (Å²) >= 11 is 0. The van der Waals surface area contributed by atoms with Crippen LogP contribution in [0.4, 0.5) is 4.79 Å². The molecule has 116 valence electrons. The fourth-order valence-electron chi connectivity index (χ4n) is 2.58. The largest absolute Gasteiger partial charge is 0.444 e. The van der Waals surface area contributed by atoms with Crippen LogP contribution in [-0.2, 0) is 9.53 Å². The van der Waals surface area contributed by atoms with Gasteiger partial charge >= 0.3 is 6.09 Å². The molecule has 4 heteroatoms. The summed E-state index contributed by atoms with van der Waals surface area (Å²) in [5.41, 5.74) is -0.493. The lowest BCUT2D eigenvalue weighted by atomic mass is 9.80. The van der Waals surface area contributed by atoms with Crippen molar-refractivity contribution in [1.29, 1.82) is 0 Å². The Morgan fingerprint density at radius 2 is 1.75 bits per heavy atom. The lowest BCUT2D eigenvalue weighted by Crippen LogP contribution is -2.33. The Labute approximate surface area is 122 Å². The van der Waals surface area contributed by atoms with E-state index in [0.717, 1.165) is 5.92 Å². The summed E-state index contributed by atoms with van der Waals surface area (Å²) in [5, 5.41) is 2.63. The van der Waals surface area contributed by atoms with Crippen LogP contribution in [0.1, 0.15) is 66.2 Å². The van der Waals surface area contributed by atoms with Crippen molar-refractivity contribution in [3.63, 3.8) is 0 Å². The second-order valence-corrected chi connectivity index (χ2v) is 7.05. The Hall–Kier alpha value is -1.06. The van der Waals surface area contributed by atoms with E-state index in [-0.39, 0.29) is 5.78 Å². The zero-order valence-electron chi connectivity index (χ0n) is 13.3. The maximum absolute atomic E-state index is 11.9. The number of rotatable bonds is 5. The summed E-state index contributed by atoms with van der Waals surface area (Å²) in [6.07, 6.45) is 5.46. The summed E-state index contributed by atoms with van der Waals surface area (Å²) in [6.45, 7) is 8.12. The van der Waals surface area contributed by atoms with Gasteiger partial charge in [0.15, 0.2) is 0 Å². The van der Waals surface area contributed by atoms with Crippen molar-refractivity contribution in [2.24, 2.45) is 11.8 Å². The first-order valence-corrected chi connectivity index (χ1v) is 7.75. The first kappa shape index (κ1) is 17.0. The number of Topliss-reactive ketones (excluding diaryl/α,β-unsaturated/α-hetero) is 1. The topological polar surface area (TPSA) is 55.4 Å². The zero-order valence-corrected chi connectivity index (χ0v) is 13.3. The van der Waals surface area contributed by atoms with E-state index in [0.29, 0.717) is 25.3 Å². The molecule has 1 aliphatic rings. The van der Waals surface area contributed by atoms with E-state index < -0.39 is 11.7 Å². The molecule has 0 bridgehead atoms. The number of nitrogens with one attached hydrogen (secondary N) is 1. The Bertz CT molecular complexity index is 325. The number of ether oxygens (including phenoxy) is 1. The van der Waals surface area contributed by atoms with Gasteiger partial charge in [0, 0.05) is 19.4 Å². The second kappa shape index (κ2) is 7.65. The Kier molecular flexibility index (Phi) is 6.50.